The van der Waals surface area contributed by atoms with Crippen molar-refractivity contribution in [3.63, 3.8) is 0 Å². The molecule has 0 unspecified atom stereocenters. The zero-order valence-corrected chi connectivity index (χ0v) is 18.1. The van der Waals surface area contributed by atoms with Crippen molar-refractivity contribution in [2.24, 2.45) is 0 Å². The molecule has 3 aromatic heterocycles. The molecule has 0 aliphatic heterocycles. The van der Waals surface area contributed by atoms with Gasteiger partial charge >= 0.3 is 0 Å². The van der Waals surface area contributed by atoms with Gasteiger partial charge in [0.05, 0.1) is 0 Å². The molecule has 0 aliphatic rings. The fourth-order valence-corrected chi connectivity index (χ4v) is 3.71. The van der Waals surface area contributed by atoms with Gasteiger partial charge in [0.1, 0.15) is 11.3 Å². The summed E-state index contributed by atoms with van der Waals surface area (Å²) in [6.45, 7) is 6.04. The van der Waals surface area contributed by atoms with E-state index < -0.39 is 0 Å². The largest absolute Gasteiger partial charge is 0.336 e. The Morgan fingerprint density at radius 1 is 1.03 bits per heavy atom. The molecule has 0 bridgehead atoms. The molecule has 0 saturated heterocycles. The van der Waals surface area contributed by atoms with Crippen molar-refractivity contribution in [3.8, 4) is 11.1 Å². The minimum atomic E-state index is -0.167. The second kappa shape index (κ2) is 8.14. The van der Waals surface area contributed by atoms with Crippen molar-refractivity contribution in [2.75, 3.05) is 7.05 Å². The van der Waals surface area contributed by atoms with Crippen molar-refractivity contribution in [2.45, 2.75) is 27.3 Å². The van der Waals surface area contributed by atoms with E-state index in [4.69, 9.17) is 0 Å². The summed E-state index contributed by atoms with van der Waals surface area (Å²) < 4.78 is 1.72. The summed E-state index contributed by atoms with van der Waals surface area (Å²) in [6.07, 6.45) is 5.18. The van der Waals surface area contributed by atoms with Crippen LogP contribution in [0.5, 0.6) is 0 Å². The third-order valence-corrected chi connectivity index (χ3v) is 5.34. The Morgan fingerprint density at radius 2 is 1.84 bits per heavy atom. The third-order valence-electron chi connectivity index (χ3n) is 5.34. The van der Waals surface area contributed by atoms with Gasteiger partial charge < -0.3 is 9.30 Å². The normalized spacial score (nSPS) is 11.0. The third kappa shape index (κ3) is 4.23. The number of imidazole rings is 1. The van der Waals surface area contributed by atoms with Crippen molar-refractivity contribution in [1.82, 2.24) is 19.3 Å². The number of rotatable bonds is 5. The van der Waals surface area contributed by atoms with E-state index in [2.05, 4.69) is 35.1 Å². The van der Waals surface area contributed by atoms with Crippen molar-refractivity contribution >= 4 is 17.3 Å². The number of hydrogen-bond donors (Lipinski definition) is 0. The lowest BCUT2D eigenvalue weighted by Gasteiger charge is -2.17. The second-order valence-corrected chi connectivity index (χ2v) is 7.86. The van der Waals surface area contributed by atoms with Crippen LogP contribution in [0, 0.1) is 13.8 Å². The summed E-state index contributed by atoms with van der Waals surface area (Å²) >= 11 is 0. The van der Waals surface area contributed by atoms with Crippen molar-refractivity contribution in [3.05, 3.63) is 89.1 Å². The molecular formula is C25H24N4O2. The zero-order chi connectivity index (χ0) is 22.1. The van der Waals surface area contributed by atoms with Gasteiger partial charge in [0.15, 0.2) is 5.78 Å². The standard InChI is InChI=1S/C25H24N4O2/c1-16-11-19(5-7-22(16)20-9-10-26-17(2)12-20)13-28(4)25(31)23-15-29-14-21(18(3)30)6-8-24(29)27-23/h5-12,14-15H,13H2,1-4H3. The molecule has 0 atom stereocenters. The highest BCUT2D eigenvalue weighted by molar-refractivity contribution is 5.95. The number of aromatic nitrogens is 3. The van der Waals surface area contributed by atoms with E-state index in [1.165, 1.54) is 6.92 Å². The van der Waals surface area contributed by atoms with E-state index in [0.717, 1.165) is 27.9 Å². The maximum absolute atomic E-state index is 12.9. The molecule has 6 nitrogen and oxygen atoms in total. The minimum Gasteiger partial charge on any atom is -0.336 e. The highest BCUT2D eigenvalue weighted by Gasteiger charge is 2.17. The van der Waals surface area contributed by atoms with Gasteiger partial charge in [-0.1, -0.05) is 18.2 Å². The number of carbonyl (C=O) groups is 2. The number of benzene rings is 1. The van der Waals surface area contributed by atoms with E-state index in [0.29, 0.717) is 23.4 Å². The molecule has 156 valence electrons. The van der Waals surface area contributed by atoms with Crippen LogP contribution < -0.4 is 0 Å². The van der Waals surface area contributed by atoms with Crippen LogP contribution in [-0.2, 0) is 6.54 Å². The van der Waals surface area contributed by atoms with E-state index in [-0.39, 0.29) is 11.7 Å². The Hall–Kier alpha value is -3.80. The molecule has 0 spiro atoms. The lowest BCUT2D eigenvalue weighted by molar-refractivity contribution is 0.0779. The summed E-state index contributed by atoms with van der Waals surface area (Å²) in [4.78, 5) is 34.8. The first kappa shape index (κ1) is 20.5. The van der Waals surface area contributed by atoms with Crippen LogP contribution in [0.2, 0.25) is 0 Å². The minimum absolute atomic E-state index is 0.0265. The van der Waals surface area contributed by atoms with Gasteiger partial charge in [0.2, 0.25) is 0 Å². The molecule has 0 fully saturated rings. The number of aryl methyl sites for hydroxylation is 2. The number of Topliss-reactive ketones (excluding diaryl/α,β-unsaturated/α-hetero) is 1. The smallest absolute Gasteiger partial charge is 0.274 e. The van der Waals surface area contributed by atoms with Crippen molar-refractivity contribution < 1.29 is 9.59 Å². The molecule has 4 rings (SSSR count). The van der Waals surface area contributed by atoms with Gasteiger partial charge in [-0.15, -0.1) is 0 Å². The average molecular weight is 412 g/mol. The van der Waals surface area contributed by atoms with Gasteiger partial charge in [-0.3, -0.25) is 14.6 Å². The quantitative estimate of drug-likeness (QED) is 0.453. The predicted molar refractivity (Wildman–Crippen MR) is 120 cm³/mol. The molecule has 1 aromatic carbocycles. The van der Waals surface area contributed by atoms with Crippen LogP contribution in [0.1, 0.15) is 44.6 Å². The summed E-state index contributed by atoms with van der Waals surface area (Å²) in [6, 6.07) is 13.8. The lowest BCUT2D eigenvalue weighted by atomic mass is 9.98. The first-order valence-corrected chi connectivity index (χ1v) is 10.1. The molecule has 0 radical (unpaired) electrons. The lowest BCUT2D eigenvalue weighted by Crippen LogP contribution is -2.26. The number of carbonyl (C=O) groups excluding carboxylic acids is 2. The second-order valence-electron chi connectivity index (χ2n) is 7.86. The Bertz CT molecular complexity index is 1310. The molecular weight excluding hydrogens is 388 g/mol. The van der Waals surface area contributed by atoms with Gasteiger partial charge in [0.25, 0.3) is 5.91 Å². The summed E-state index contributed by atoms with van der Waals surface area (Å²) in [5, 5.41) is 0. The maximum Gasteiger partial charge on any atom is 0.274 e. The number of pyridine rings is 2. The Balaban J connectivity index is 1.53. The van der Waals surface area contributed by atoms with E-state index in [9.17, 15) is 9.59 Å². The van der Waals surface area contributed by atoms with Crippen LogP contribution in [0.15, 0.2) is 61.1 Å². The molecule has 0 saturated carbocycles. The summed E-state index contributed by atoms with van der Waals surface area (Å²) in [5.41, 5.74) is 7.03. The van der Waals surface area contributed by atoms with Crippen LogP contribution in [-0.4, -0.2) is 38.0 Å². The topological polar surface area (TPSA) is 67.6 Å². The fourth-order valence-electron chi connectivity index (χ4n) is 3.71. The number of amides is 1. The fraction of sp³-hybridized carbons (Fsp3) is 0.200. The van der Waals surface area contributed by atoms with Gasteiger partial charge in [-0.05, 0) is 67.3 Å². The summed E-state index contributed by atoms with van der Waals surface area (Å²) in [5.74, 6) is -0.194. The zero-order valence-electron chi connectivity index (χ0n) is 18.1. The van der Waals surface area contributed by atoms with E-state index in [1.54, 1.807) is 40.9 Å². The molecule has 3 heterocycles. The van der Waals surface area contributed by atoms with Crippen molar-refractivity contribution in [1.29, 1.82) is 0 Å². The molecule has 1 amide bonds. The SMILES string of the molecule is CC(=O)c1ccc2nc(C(=O)N(C)Cc3ccc(-c4ccnc(C)c4)c(C)c3)cn2c1. The molecule has 31 heavy (non-hydrogen) atoms. The summed E-state index contributed by atoms with van der Waals surface area (Å²) in [7, 11) is 1.77. The number of hydrogen-bond acceptors (Lipinski definition) is 4. The Kier molecular flexibility index (Phi) is 5.38. The Labute approximate surface area is 181 Å². The van der Waals surface area contributed by atoms with Gasteiger partial charge in [-0.2, -0.15) is 0 Å². The number of ketones is 1. The number of fused-ring (bicyclic) bond motifs is 1. The van der Waals surface area contributed by atoms with Crippen LogP contribution in [0.3, 0.4) is 0 Å². The van der Waals surface area contributed by atoms with Gasteiger partial charge in [0, 0.05) is 43.4 Å². The monoisotopic (exact) mass is 412 g/mol. The van der Waals surface area contributed by atoms with Crippen LogP contribution >= 0.6 is 0 Å². The highest BCUT2D eigenvalue weighted by atomic mass is 16.2. The molecule has 6 heteroatoms. The average Bonchev–Trinajstić information content (AvgIpc) is 3.16. The van der Waals surface area contributed by atoms with Crippen LogP contribution in [0.4, 0.5) is 0 Å². The highest BCUT2D eigenvalue weighted by Crippen LogP contribution is 2.25. The van der Waals surface area contributed by atoms with E-state index >= 15 is 0 Å². The maximum atomic E-state index is 12.9. The Morgan fingerprint density at radius 3 is 2.55 bits per heavy atom. The first-order chi connectivity index (χ1) is 14.8. The van der Waals surface area contributed by atoms with Crippen LogP contribution in [0.25, 0.3) is 16.8 Å². The first-order valence-electron chi connectivity index (χ1n) is 10.1. The predicted octanol–water partition coefficient (Wildman–Crippen LogP) is 4.49. The molecule has 0 N–H and O–H groups in total. The van der Waals surface area contributed by atoms with Gasteiger partial charge in [-0.25, -0.2) is 4.98 Å². The molecule has 4 aromatic rings. The number of nitrogens with zero attached hydrogens (tertiary/aromatic N) is 4. The van der Waals surface area contributed by atoms with E-state index in [1.807, 2.05) is 25.3 Å². The molecule has 0 aliphatic carbocycles.